The molecule has 40 heavy (non-hydrogen) atoms. The summed E-state index contributed by atoms with van der Waals surface area (Å²) in [4.78, 5) is 33.2. The summed E-state index contributed by atoms with van der Waals surface area (Å²) in [6.07, 6.45) is 7.93. The van der Waals surface area contributed by atoms with E-state index in [9.17, 15) is 14.9 Å². The zero-order valence-corrected chi connectivity index (χ0v) is 23.1. The maximum absolute atomic E-state index is 13.7. The van der Waals surface area contributed by atoms with Crippen molar-refractivity contribution in [2.24, 2.45) is 0 Å². The normalized spacial score (nSPS) is 14.6. The summed E-state index contributed by atoms with van der Waals surface area (Å²) in [5.74, 6) is -0.0239. The fourth-order valence-corrected chi connectivity index (χ4v) is 5.23. The van der Waals surface area contributed by atoms with Gasteiger partial charge in [-0.25, -0.2) is 4.68 Å². The first kappa shape index (κ1) is 26.9. The molecular weight excluding hydrogens is 518 g/mol. The monoisotopic (exact) mass is 545 g/mol. The van der Waals surface area contributed by atoms with Crippen molar-refractivity contribution in [2.75, 3.05) is 5.75 Å². The minimum Gasteiger partial charge on any atom is -0.269 e. The predicted molar refractivity (Wildman–Crippen MR) is 156 cm³/mol. The number of hydrogen-bond acceptors (Lipinski definition) is 6. The molecule has 0 spiro atoms. The Balaban J connectivity index is 1.61. The molecule has 2 aromatic carbocycles. The number of pyridine rings is 1. The Morgan fingerprint density at radius 3 is 2.45 bits per heavy atom. The van der Waals surface area contributed by atoms with Crippen LogP contribution < -0.4 is 0 Å². The highest BCUT2D eigenvalue weighted by molar-refractivity contribution is 7.99. The summed E-state index contributed by atoms with van der Waals surface area (Å²) in [5.41, 5.74) is 4.44. The lowest BCUT2D eigenvalue weighted by atomic mass is 9.93. The summed E-state index contributed by atoms with van der Waals surface area (Å²) < 4.78 is 1.78. The van der Waals surface area contributed by atoms with Gasteiger partial charge in [0.15, 0.2) is 0 Å². The number of nitrogens with zero attached hydrogens (tertiary/aromatic N) is 5. The second-order valence-corrected chi connectivity index (χ2v) is 10.5. The first-order valence-corrected chi connectivity index (χ1v) is 13.9. The number of nitriles is 1. The summed E-state index contributed by atoms with van der Waals surface area (Å²) in [7, 11) is 0. The fraction of sp³-hybridized carbons (Fsp3) is 0.156. The summed E-state index contributed by atoms with van der Waals surface area (Å²) in [6, 6.07) is 23.5. The zero-order valence-electron chi connectivity index (χ0n) is 22.2. The number of thioether (sulfide) groups is 1. The van der Waals surface area contributed by atoms with Crippen LogP contribution in [-0.2, 0) is 16.1 Å². The molecule has 3 heterocycles. The van der Waals surface area contributed by atoms with Crippen LogP contribution in [0.15, 0.2) is 107 Å². The van der Waals surface area contributed by atoms with Crippen molar-refractivity contribution in [2.45, 2.75) is 31.7 Å². The van der Waals surface area contributed by atoms with Gasteiger partial charge >= 0.3 is 0 Å². The van der Waals surface area contributed by atoms with E-state index in [-0.39, 0.29) is 17.7 Å². The van der Waals surface area contributed by atoms with Gasteiger partial charge in [-0.2, -0.15) is 10.4 Å². The Labute approximate surface area is 237 Å². The van der Waals surface area contributed by atoms with Crippen molar-refractivity contribution in [1.82, 2.24) is 19.7 Å². The van der Waals surface area contributed by atoms with E-state index in [1.165, 1.54) is 4.90 Å². The zero-order chi connectivity index (χ0) is 28.1. The number of imide groups is 1. The second kappa shape index (κ2) is 12.0. The summed E-state index contributed by atoms with van der Waals surface area (Å²) in [6.45, 7) is 3.82. The third-order valence-electron chi connectivity index (χ3n) is 6.55. The first-order valence-electron chi connectivity index (χ1n) is 13.0. The minimum atomic E-state index is -0.605. The quantitative estimate of drug-likeness (QED) is 0.148. The lowest BCUT2D eigenvalue weighted by Crippen LogP contribution is -2.42. The molecule has 7 nitrogen and oxygen atoms in total. The van der Waals surface area contributed by atoms with Crippen LogP contribution in [0.4, 0.5) is 0 Å². The highest BCUT2D eigenvalue weighted by atomic mass is 32.2. The molecule has 8 heteroatoms. The number of para-hydroxylation sites is 1. The van der Waals surface area contributed by atoms with E-state index < -0.39 is 11.8 Å². The van der Waals surface area contributed by atoms with E-state index >= 15 is 0 Å². The number of benzene rings is 2. The number of carbonyl (C=O) groups is 2. The summed E-state index contributed by atoms with van der Waals surface area (Å²) >= 11 is 1.80. The molecule has 0 atom stereocenters. The van der Waals surface area contributed by atoms with Gasteiger partial charge in [-0.1, -0.05) is 43.3 Å². The van der Waals surface area contributed by atoms with Gasteiger partial charge in [0.25, 0.3) is 11.8 Å². The largest absolute Gasteiger partial charge is 0.271 e. The highest BCUT2D eigenvalue weighted by Gasteiger charge is 2.35. The van der Waals surface area contributed by atoms with Gasteiger partial charge in [0.05, 0.1) is 17.9 Å². The van der Waals surface area contributed by atoms with Crippen LogP contribution in [0, 0.1) is 11.3 Å². The number of rotatable bonds is 8. The van der Waals surface area contributed by atoms with Crippen LogP contribution in [0.5, 0.6) is 0 Å². The van der Waals surface area contributed by atoms with E-state index in [1.54, 1.807) is 54.0 Å². The summed E-state index contributed by atoms with van der Waals surface area (Å²) in [5, 5.41) is 14.7. The molecule has 2 amide bonds. The first-order chi connectivity index (χ1) is 19.5. The SMILES string of the molecule is CCCSc1ccc(-c2nn(-c3ccccc3)cc2/C=C2/C(=O)N(Cc3cccnc3)C(=O)C(C#N)=C2C)cc1. The van der Waals surface area contributed by atoms with Gasteiger partial charge in [0.1, 0.15) is 11.6 Å². The molecule has 0 fully saturated rings. The molecule has 0 N–H and O–H groups in total. The Morgan fingerprint density at radius 1 is 1.00 bits per heavy atom. The van der Waals surface area contributed by atoms with Crippen molar-refractivity contribution < 1.29 is 9.59 Å². The molecular formula is C32H27N5O2S. The van der Waals surface area contributed by atoms with Crippen molar-refractivity contribution in [3.8, 4) is 23.0 Å². The van der Waals surface area contributed by atoms with Crippen molar-refractivity contribution in [3.05, 3.63) is 113 Å². The predicted octanol–water partition coefficient (Wildman–Crippen LogP) is 6.23. The van der Waals surface area contributed by atoms with Gasteiger partial charge in [-0.3, -0.25) is 19.5 Å². The lowest BCUT2D eigenvalue weighted by molar-refractivity contribution is -0.141. The number of aromatic nitrogens is 3. The highest BCUT2D eigenvalue weighted by Crippen LogP contribution is 2.32. The molecule has 1 aliphatic rings. The smallest absolute Gasteiger partial charge is 0.269 e. The third-order valence-corrected chi connectivity index (χ3v) is 7.77. The molecule has 5 rings (SSSR count). The van der Waals surface area contributed by atoms with Crippen molar-refractivity contribution >= 4 is 29.7 Å². The van der Waals surface area contributed by atoms with E-state index in [0.717, 1.165) is 28.3 Å². The number of amides is 2. The standard InChI is InChI=1S/C32H27N5O2S/c1-3-16-40-27-13-11-24(12-14-27)30-25(21-37(35-30)26-9-5-4-6-10-26)17-28-22(2)29(18-33)32(39)36(31(28)38)20-23-8-7-15-34-19-23/h4-15,17,19,21H,3,16,20H2,1-2H3/b28-17+. The van der Waals surface area contributed by atoms with E-state index in [1.807, 2.05) is 54.7 Å². The van der Waals surface area contributed by atoms with E-state index in [0.29, 0.717) is 22.4 Å². The van der Waals surface area contributed by atoms with Crippen LogP contribution in [-0.4, -0.2) is 37.2 Å². The molecule has 0 radical (unpaired) electrons. The average molecular weight is 546 g/mol. The van der Waals surface area contributed by atoms with Gasteiger partial charge in [-0.05, 0) is 66.6 Å². The maximum Gasteiger partial charge on any atom is 0.271 e. The molecule has 0 unspecified atom stereocenters. The van der Waals surface area contributed by atoms with E-state index in [4.69, 9.17) is 5.10 Å². The van der Waals surface area contributed by atoms with Crippen LogP contribution in [0.1, 0.15) is 31.4 Å². The molecule has 0 saturated carbocycles. The average Bonchev–Trinajstić information content (AvgIpc) is 3.42. The molecule has 4 aromatic rings. The Bertz CT molecular complexity index is 1650. The van der Waals surface area contributed by atoms with Gasteiger partial charge < -0.3 is 0 Å². The molecule has 0 aliphatic carbocycles. The van der Waals surface area contributed by atoms with Crippen molar-refractivity contribution in [3.63, 3.8) is 0 Å². The third kappa shape index (κ3) is 5.51. The number of hydrogen-bond donors (Lipinski definition) is 0. The molecule has 2 aromatic heterocycles. The number of carbonyl (C=O) groups excluding carboxylic acids is 2. The fourth-order valence-electron chi connectivity index (χ4n) is 4.46. The van der Waals surface area contributed by atoms with Crippen LogP contribution in [0.2, 0.25) is 0 Å². The van der Waals surface area contributed by atoms with Crippen LogP contribution in [0.3, 0.4) is 0 Å². The van der Waals surface area contributed by atoms with Crippen molar-refractivity contribution in [1.29, 1.82) is 5.26 Å². The minimum absolute atomic E-state index is 0.0222. The Kier molecular flexibility index (Phi) is 8.04. The maximum atomic E-state index is 13.7. The second-order valence-electron chi connectivity index (χ2n) is 9.31. The van der Waals surface area contributed by atoms with Crippen LogP contribution in [0.25, 0.3) is 23.0 Å². The molecule has 1 aliphatic heterocycles. The molecule has 0 saturated heterocycles. The van der Waals surface area contributed by atoms with Gasteiger partial charge in [0, 0.05) is 40.2 Å². The van der Waals surface area contributed by atoms with Crippen LogP contribution >= 0.6 is 11.8 Å². The van der Waals surface area contributed by atoms with Gasteiger partial charge in [0.2, 0.25) is 0 Å². The van der Waals surface area contributed by atoms with Gasteiger partial charge in [-0.15, -0.1) is 11.8 Å². The molecule has 198 valence electrons. The Hall–Kier alpha value is -4.74. The topological polar surface area (TPSA) is 91.9 Å². The lowest BCUT2D eigenvalue weighted by Gasteiger charge is -2.27. The molecule has 0 bridgehead atoms. The van der Waals surface area contributed by atoms with E-state index in [2.05, 4.69) is 24.0 Å². The Morgan fingerprint density at radius 2 is 1.77 bits per heavy atom.